The van der Waals surface area contributed by atoms with E-state index in [1.807, 2.05) is 31.2 Å². The summed E-state index contributed by atoms with van der Waals surface area (Å²) < 4.78 is 5.25. The van der Waals surface area contributed by atoms with E-state index in [-0.39, 0.29) is 6.61 Å². The Labute approximate surface area is 156 Å². The molecule has 3 rings (SSSR count). The largest absolute Gasteiger partial charge is 0.465 e. The summed E-state index contributed by atoms with van der Waals surface area (Å²) >= 11 is 12.6. The number of rotatable bonds is 4. The van der Waals surface area contributed by atoms with E-state index in [0.717, 1.165) is 11.1 Å². The molecule has 0 saturated heterocycles. The first kappa shape index (κ1) is 17.8. The second-order valence-corrected chi connectivity index (χ2v) is 6.55. The average Bonchev–Trinajstić information content (AvgIpc) is 3.00. The second kappa shape index (κ2) is 7.46. The van der Waals surface area contributed by atoms with Crippen LogP contribution in [0.25, 0.3) is 0 Å². The van der Waals surface area contributed by atoms with Crippen molar-refractivity contribution in [1.82, 2.24) is 0 Å². The van der Waals surface area contributed by atoms with Crippen LogP contribution < -0.4 is 0 Å². The van der Waals surface area contributed by atoms with Crippen LogP contribution in [-0.2, 0) is 14.4 Å². The topological polar surface area (TPSA) is 47.9 Å². The van der Waals surface area contributed by atoms with E-state index in [1.54, 1.807) is 25.1 Å². The molecular weight excluding hydrogens is 361 g/mol. The van der Waals surface area contributed by atoms with Crippen molar-refractivity contribution in [1.29, 1.82) is 0 Å². The van der Waals surface area contributed by atoms with E-state index >= 15 is 0 Å². The van der Waals surface area contributed by atoms with Gasteiger partial charge in [0.15, 0.2) is 6.10 Å². The van der Waals surface area contributed by atoms with Crippen LogP contribution in [0.3, 0.4) is 0 Å². The third-order valence-electron chi connectivity index (χ3n) is 4.03. The van der Waals surface area contributed by atoms with Crippen molar-refractivity contribution in [3.8, 4) is 0 Å². The molecule has 4 nitrogen and oxygen atoms in total. The number of ether oxygens (including phenoxy) is 1. The number of benzene rings is 2. The quantitative estimate of drug-likeness (QED) is 0.707. The van der Waals surface area contributed by atoms with Crippen molar-refractivity contribution in [3.05, 3.63) is 69.2 Å². The summed E-state index contributed by atoms with van der Waals surface area (Å²) in [6.45, 7) is 4.01. The summed E-state index contributed by atoms with van der Waals surface area (Å²) in [7, 11) is 0. The first-order chi connectivity index (χ1) is 12.0. The van der Waals surface area contributed by atoms with Gasteiger partial charge in [0.1, 0.15) is 11.6 Å². The number of oxime groups is 1. The molecule has 1 aliphatic rings. The highest BCUT2D eigenvalue weighted by atomic mass is 35.5. The van der Waals surface area contributed by atoms with Crippen LogP contribution in [0.1, 0.15) is 29.7 Å². The normalized spacial score (nSPS) is 19.3. The molecule has 0 N–H and O–H groups in total. The van der Waals surface area contributed by atoms with Crippen molar-refractivity contribution in [2.24, 2.45) is 11.1 Å². The van der Waals surface area contributed by atoms with Crippen molar-refractivity contribution >= 4 is 34.9 Å². The van der Waals surface area contributed by atoms with E-state index < -0.39 is 18.0 Å². The molecule has 0 radical (unpaired) electrons. The monoisotopic (exact) mass is 377 g/mol. The number of carbonyl (C=O) groups excluding carboxylic acids is 1. The summed E-state index contributed by atoms with van der Waals surface area (Å²) in [4.78, 5) is 18.2. The van der Waals surface area contributed by atoms with Gasteiger partial charge in [-0.1, -0.05) is 64.3 Å². The van der Waals surface area contributed by atoms with Crippen molar-refractivity contribution < 1.29 is 14.4 Å². The Hall–Kier alpha value is -2.04. The van der Waals surface area contributed by atoms with Gasteiger partial charge in [0, 0.05) is 5.56 Å². The molecular formula is C19H17Cl2NO3. The Kier molecular flexibility index (Phi) is 5.30. The second-order valence-electron chi connectivity index (χ2n) is 5.74. The number of nitrogens with zero attached hydrogens (tertiary/aromatic N) is 1. The Balaban J connectivity index is 2.04. The molecule has 1 heterocycles. The predicted octanol–water partition coefficient (Wildman–Crippen LogP) is 4.96. The lowest BCUT2D eigenvalue weighted by atomic mass is 9.88. The molecule has 2 atom stereocenters. The molecule has 0 unspecified atom stereocenters. The standard InChI is InChI=1S/C19H17Cl2NO3/c1-3-24-19(23)16-17(15-13(20)5-4-6-14(15)21)22-25-18(16)12-9-7-11(2)8-10-12/h4-10,16,18H,3H2,1-2H3/t16-,18+/m1/s1. The van der Waals surface area contributed by atoms with Gasteiger partial charge in [0.05, 0.1) is 16.7 Å². The molecule has 2 aromatic carbocycles. The zero-order valence-corrected chi connectivity index (χ0v) is 15.3. The number of halogens is 2. The van der Waals surface area contributed by atoms with Crippen molar-refractivity contribution in [2.75, 3.05) is 6.61 Å². The van der Waals surface area contributed by atoms with Gasteiger partial charge in [-0.3, -0.25) is 4.79 Å². The number of hydrogen-bond acceptors (Lipinski definition) is 4. The minimum absolute atomic E-state index is 0.263. The number of carbonyl (C=O) groups is 1. The molecule has 0 aliphatic carbocycles. The highest BCUT2D eigenvalue weighted by molar-refractivity contribution is 6.41. The van der Waals surface area contributed by atoms with Gasteiger partial charge >= 0.3 is 5.97 Å². The van der Waals surface area contributed by atoms with Gasteiger partial charge in [0.2, 0.25) is 0 Å². The van der Waals surface area contributed by atoms with Crippen LogP contribution in [0.15, 0.2) is 47.6 Å². The summed E-state index contributed by atoms with van der Waals surface area (Å²) in [6.07, 6.45) is -0.581. The fourth-order valence-corrected chi connectivity index (χ4v) is 3.39. The molecule has 2 aromatic rings. The lowest BCUT2D eigenvalue weighted by molar-refractivity contribution is -0.148. The van der Waals surface area contributed by atoms with E-state index in [1.165, 1.54) is 0 Å². The van der Waals surface area contributed by atoms with Crippen LogP contribution in [0.5, 0.6) is 0 Å². The van der Waals surface area contributed by atoms with E-state index in [2.05, 4.69) is 5.16 Å². The third kappa shape index (κ3) is 3.51. The first-order valence-corrected chi connectivity index (χ1v) is 8.69. The molecule has 25 heavy (non-hydrogen) atoms. The van der Waals surface area contributed by atoms with E-state index in [4.69, 9.17) is 32.8 Å². The molecule has 130 valence electrons. The van der Waals surface area contributed by atoms with Crippen molar-refractivity contribution in [3.63, 3.8) is 0 Å². The zero-order chi connectivity index (χ0) is 18.0. The SMILES string of the molecule is CCOC(=O)[C@@H]1C(c2c(Cl)cccc2Cl)=NO[C@H]1c1ccc(C)cc1. The molecule has 0 fully saturated rings. The minimum Gasteiger partial charge on any atom is -0.465 e. The van der Waals surface area contributed by atoms with Gasteiger partial charge in [-0.15, -0.1) is 0 Å². The highest BCUT2D eigenvalue weighted by Gasteiger charge is 2.43. The molecule has 1 aliphatic heterocycles. The molecule has 0 amide bonds. The van der Waals surface area contributed by atoms with Crippen LogP contribution in [0, 0.1) is 12.8 Å². The molecule has 0 bridgehead atoms. The van der Waals surface area contributed by atoms with Gasteiger partial charge < -0.3 is 9.57 Å². The average molecular weight is 378 g/mol. The molecule has 0 saturated carbocycles. The lowest BCUT2D eigenvalue weighted by Crippen LogP contribution is -2.29. The van der Waals surface area contributed by atoms with Gasteiger partial charge in [0.25, 0.3) is 0 Å². The van der Waals surface area contributed by atoms with E-state index in [9.17, 15) is 4.79 Å². The summed E-state index contributed by atoms with van der Waals surface area (Å²) in [5, 5.41) is 4.96. The fraction of sp³-hybridized carbons (Fsp3) is 0.263. The predicted molar refractivity (Wildman–Crippen MR) is 98.1 cm³/mol. The maximum Gasteiger partial charge on any atom is 0.319 e. The van der Waals surface area contributed by atoms with Gasteiger partial charge in [-0.25, -0.2) is 0 Å². The van der Waals surface area contributed by atoms with E-state index in [0.29, 0.717) is 21.3 Å². The lowest BCUT2D eigenvalue weighted by Gasteiger charge is -2.19. The third-order valence-corrected chi connectivity index (χ3v) is 4.66. The van der Waals surface area contributed by atoms with Crippen LogP contribution in [-0.4, -0.2) is 18.3 Å². The van der Waals surface area contributed by atoms with Crippen LogP contribution in [0.2, 0.25) is 10.0 Å². The number of aryl methyl sites for hydroxylation is 1. The molecule has 0 aromatic heterocycles. The molecule has 0 spiro atoms. The summed E-state index contributed by atoms with van der Waals surface area (Å²) in [6, 6.07) is 12.9. The van der Waals surface area contributed by atoms with Gasteiger partial charge in [-0.05, 0) is 31.5 Å². The highest BCUT2D eigenvalue weighted by Crippen LogP contribution is 2.39. The first-order valence-electron chi connectivity index (χ1n) is 7.94. The Morgan fingerprint density at radius 1 is 1.16 bits per heavy atom. The summed E-state index contributed by atoms with van der Waals surface area (Å²) in [5.41, 5.74) is 2.84. The zero-order valence-electron chi connectivity index (χ0n) is 13.8. The summed E-state index contributed by atoms with van der Waals surface area (Å²) in [5.74, 6) is -1.15. The maximum atomic E-state index is 12.6. The van der Waals surface area contributed by atoms with Crippen molar-refractivity contribution in [2.45, 2.75) is 20.0 Å². The smallest absolute Gasteiger partial charge is 0.319 e. The Morgan fingerprint density at radius 2 is 1.80 bits per heavy atom. The maximum absolute atomic E-state index is 12.6. The van der Waals surface area contributed by atoms with Crippen LogP contribution >= 0.6 is 23.2 Å². The minimum atomic E-state index is -0.736. The Bertz CT molecular complexity index is 798. The van der Waals surface area contributed by atoms with Crippen LogP contribution in [0.4, 0.5) is 0 Å². The number of hydrogen-bond donors (Lipinski definition) is 0. The van der Waals surface area contributed by atoms with Gasteiger partial charge in [-0.2, -0.15) is 0 Å². The fourth-order valence-electron chi connectivity index (χ4n) is 2.79. The number of esters is 1. The molecule has 6 heteroatoms. The Morgan fingerprint density at radius 3 is 2.40 bits per heavy atom.